The molecule has 0 atom stereocenters. The first-order valence-corrected chi connectivity index (χ1v) is 7.88. The Balaban J connectivity index is 2.83. The van der Waals surface area contributed by atoms with Gasteiger partial charge < -0.3 is 15.1 Å². The van der Waals surface area contributed by atoms with Crippen LogP contribution in [0.3, 0.4) is 0 Å². The van der Waals surface area contributed by atoms with Crippen LogP contribution in [0, 0.1) is 71.5 Å². The van der Waals surface area contributed by atoms with Gasteiger partial charge in [0.25, 0.3) is 0 Å². The highest BCUT2D eigenvalue weighted by atomic mass is 16.4. The van der Waals surface area contributed by atoms with Gasteiger partial charge in [-0.3, -0.25) is 4.79 Å². The monoisotopic (exact) mass is 379 g/mol. The molecule has 0 aromatic heterocycles. The number of aliphatic carboxylic acids is 1. The van der Waals surface area contributed by atoms with Gasteiger partial charge in [0.05, 0.1) is 0 Å². The highest BCUT2D eigenvalue weighted by Crippen LogP contribution is 2.19. The molecule has 1 aromatic rings. The Labute approximate surface area is 169 Å². The fourth-order valence-corrected chi connectivity index (χ4v) is 1.75. The molecule has 0 aliphatic carbocycles. The first-order chi connectivity index (χ1) is 13.9. The van der Waals surface area contributed by atoms with Gasteiger partial charge in [-0.2, -0.15) is 0 Å². The van der Waals surface area contributed by atoms with Crippen LogP contribution in [0.25, 0.3) is 0 Å². The predicted molar refractivity (Wildman–Crippen MR) is 108 cm³/mol. The lowest BCUT2D eigenvalue weighted by Crippen LogP contribution is -2.24. The standard InChI is InChI=1S/C24H13NO4/c1-3-4-5-6-7-8-9-10-11-12-13-20-14-15-22(26)21(18-20)19-25(2)23(27)16-17-24(28)29/h1,14-18,26H,19H2,2H3,(H,28,29)/b17-16-. The summed E-state index contributed by atoms with van der Waals surface area (Å²) in [4.78, 5) is 23.6. The smallest absolute Gasteiger partial charge is 0.328 e. The molecule has 5 heteroatoms. The number of carboxylic acids is 1. The minimum atomic E-state index is -1.22. The molecule has 1 rings (SSSR count). The molecule has 2 N–H and O–H groups in total. The van der Waals surface area contributed by atoms with Gasteiger partial charge in [0.15, 0.2) is 0 Å². The number of nitrogens with zero attached hydrogens (tertiary/aromatic N) is 1. The number of phenols is 1. The van der Waals surface area contributed by atoms with Crippen LogP contribution in [0.15, 0.2) is 30.4 Å². The first-order valence-electron chi connectivity index (χ1n) is 7.88. The third-order valence-electron chi connectivity index (χ3n) is 3.01. The second kappa shape index (κ2) is 12.4. The van der Waals surface area contributed by atoms with Crippen molar-refractivity contribution in [3.8, 4) is 77.3 Å². The highest BCUT2D eigenvalue weighted by molar-refractivity contribution is 5.93. The summed E-state index contributed by atoms with van der Waals surface area (Å²) >= 11 is 0. The first kappa shape index (κ1) is 22.1. The topological polar surface area (TPSA) is 77.8 Å². The van der Waals surface area contributed by atoms with Crippen molar-refractivity contribution >= 4 is 11.9 Å². The van der Waals surface area contributed by atoms with Crippen LogP contribution < -0.4 is 0 Å². The average molecular weight is 379 g/mol. The molecule has 1 amide bonds. The molecule has 0 radical (unpaired) electrons. The number of rotatable bonds is 4. The third kappa shape index (κ3) is 9.36. The largest absolute Gasteiger partial charge is 0.508 e. The fourth-order valence-electron chi connectivity index (χ4n) is 1.75. The Bertz CT molecular complexity index is 1190. The van der Waals surface area contributed by atoms with Crippen LogP contribution in [0.5, 0.6) is 5.75 Å². The quantitative estimate of drug-likeness (QED) is 0.604. The normalized spacial score (nSPS) is 8.00. The van der Waals surface area contributed by atoms with E-state index in [0.29, 0.717) is 11.1 Å². The predicted octanol–water partition coefficient (Wildman–Crippen LogP) is 0.990. The van der Waals surface area contributed by atoms with E-state index in [-0.39, 0.29) is 12.3 Å². The highest BCUT2D eigenvalue weighted by Gasteiger charge is 2.10. The summed E-state index contributed by atoms with van der Waals surface area (Å²) in [5.74, 6) is 25.4. The minimum absolute atomic E-state index is 0.0131. The molecular weight excluding hydrogens is 366 g/mol. The molecule has 29 heavy (non-hydrogen) atoms. The minimum Gasteiger partial charge on any atom is -0.508 e. The van der Waals surface area contributed by atoms with E-state index in [4.69, 9.17) is 11.5 Å². The van der Waals surface area contributed by atoms with Gasteiger partial charge in [-0.05, 0) is 77.4 Å². The number of benzene rings is 1. The third-order valence-corrected chi connectivity index (χ3v) is 3.01. The number of likely N-dealkylation sites (N-methyl/N-ethyl adjacent to an activating group) is 1. The van der Waals surface area contributed by atoms with Gasteiger partial charge in [-0.15, -0.1) is 6.42 Å². The number of amides is 1. The molecule has 5 nitrogen and oxygen atoms in total. The van der Waals surface area contributed by atoms with E-state index in [2.05, 4.69) is 65.1 Å². The molecular formula is C24H13NO4. The SMILES string of the molecule is C#CC#CC#CC#CC#CC#Cc1ccc(O)c(CN(C)C(=O)/C=C\C(=O)O)c1. The Morgan fingerprint density at radius 2 is 1.59 bits per heavy atom. The van der Waals surface area contributed by atoms with Crippen molar-refractivity contribution in [1.29, 1.82) is 0 Å². The Kier molecular flexibility index (Phi) is 9.46. The van der Waals surface area contributed by atoms with Crippen LogP contribution in [0.1, 0.15) is 11.1 Å². The number of terminal acetylenes is 1. The van der Waals surface area contributed by atoms with Crippen LogP contribution in [0.4, 0.5) is 0 Å². The van der Waals surface area contributed by atoms with Crippen LogP contribution in [-0.4, -0.2) is 34.0 Å². The molecule has 0 saturated heterocycles. The summed E-state index contributed by atoms with van der Waals surface area (Å²) < 4.78 is 0. The summed E-state index contributed by atoms with van der Waals surface area (Å²) in [5.41, 5.74) is 1.03. The van der Waals surface area contributed by atoms with Gasteiger partial charge >= 0.3 is 5.97 Å². The second-order valence-corrected chi connectivity index (χ2v) is 5.10. The summed E-state index contributed by atoms with van der Waals surface area (Å²) in [6.07, 6.45) is 6.62. The number of hydrogen-bond donors (Lipinski definition) is 2. The van der Waals surface area contributed by atoms with Crippen molar-refractivity contribution in [2.75, 3.05) is 7.05 Å². The lowest BCUT2D eigenvalue weighted by Gasteiger charge is -2.16. The molecule has 0 aliphatic rings. The average Bonchev–Trinajstić information content (AvgIpc) is 2.69. The van der Waals surface area contributed by atoms with Crippen molar-refractivity contribution in [1.82, 2.24) is 4.90 Å². The maximum atomic E-state index is 11.8. The van der Waals surface area contributed by atoms with Crippen molar-refractivity contribution in [2.24, 2.45) is 0 Å². The van der Waals surface area contributed by atoms with Crippen molar-refractivity contribution in [2.45, 2.75) is 6.54 Å². The van der Waals surface area contributed by atoms with Crippen LogP contribution in [-0.2, 0) is 16.1 Å². The van der Waals surface area contributed by atoms with E-state index in [0.717, 1.165) is 12.2 Å². The van der Waals surface area contributed by atoms with E-state index in [1.54, 1.807) is 12.1 Å². The van der Waals surface area contributed by atoms with Gasteiger partial charge in [-0.25, -0.2) is 4.79 Å². The number of aromatic hydroxyl groups is 1. The Morgan fingerprint density at radius 1 is 1.00 bits per heavy atom. The molecule has 0 heterocycles. The molecule has 0 bridgehead atoms. The van der Waals surface area contributed by atoms with E-state index in [1.165, 1.54) is 18.0 Å². The van der Waals surface area contributed by atoms with Gasteiger partial charge in [-0.1, -0.05) is 5.92 Å². The number of carbonyl (C=O) groups is 2. The Hall–Kier alpha value is -4.94. The number of carbonyl (C=O) groups excluding carboxylic acids is 1. The van der Waals surface area contributed by atoms with Crippen LogP contribution >= 0.6 is 0 Å². The summed E-state index contributed by atoms with van der Waals surface area (Å²) in [5, 5.41) is 18.5. The maximum absolute atomic E-state index is 11.8. The number of hydrogen-bond acceptors (Lipinski definition) is 3. The molecule has 0 fully saturated rings. The van der Waals surface area contributed by atoms with Gasteiger partial charge in [0.2, 0.25) is 5.91 Å². The maximum Gasteiger partial charge on any atom is 0.328 e. The summed E-state index contributed by atoms with van der Waals surface area (Å²) in [6.45, 7) is 0.0720. The summed E-state index contributed by atoms with van der Waals surface area (Å²) in [7, 11) is 1.48. The van der Waals surface area contributed by atoms with E-state index < -0.39 is 11.9 Å². The molecule has 138 valence electrons. The molecule has 0 saturated carbocycles. The van der Waals surface area contributed by atoms with Gasteiger partial charge in [0, 0.05) is 36.9 Å². The van der Waals surface area contributed by atoms with Gasteiger partial charge in [0.1, 0.15) is 5.75 Å². The molecule has 0 unspecified atom stereocenters. The number of carboxylic acid groups (broad SMARTS) is 1. The number of phenolic OH excluding ortho intramolecular Hbond substituents is 1. The van der Waals surface area contributed by atoms with E-state index >= 15 is 0 Å². The lowest BCUT2D eigenvalue weighted by atomic mass is 10.1. The van der Waals surface area contributed by atoms with E-state index in [9.17, 15) is 14.7 Å². The molecule has 0 aliphatic heterocycles. The van der Waals surface area contributed by atoms with Crippen molar-refractivity contribution in [3.05, 3.63) is 41.5 Å². The second-order valence-electron chi connectivity index (χ2n) is 5.10. The van der Waals surface area contributed by atoms with Crippen LogP contribution in [0.2, 0.25) is 0 Å². The lowest BCUT2D eigenvalue weighted by molar-refractivity contribution is -0.132. The van der Waals surface area contributed by atoms with Crippen molar-refractivity contribution < 1.29 is 19.8 Å². The molecule has 1 aromatic carbocycles. The zero-order valence-electron chi connectivity index (χ0n) is 15.3. The van der Waals surface area contributed by atoms with Crippen molar-refractivity contribution in [3.63, 3.8) is 0 Å². The molecule has 0 spiro atoms. The van der Waals surface area contributed by atoms with E-state index in [1.807, 2.05) is 0 Å². The Morgan fingerprint density at radius 3 is 2.17 bits per heavy atom. The summed E-state index contributed by atoms with van der Waals surface area (Å²) in [6, 6.07) is 4.65. The zero-order chi connectivity index (χ0) is 21.5. The zero-order valence-corrected chi connectivity index (χ0v) is 15.3. The fraction of sp³-hybridized carbons (Fsp3) is 0.0833.